The van der Waals surface area contributed by atoms with Gasteiger partial charge < -0.3 is 15.3 Å². The number of nitrogens with zero attached hydrogens (tertiary/aromatic N) is 1. The smallest absolute Gasteiger partial charge is 0.230 e. The topological polar surface area (TPSA) is 52.6 Å². The number of aliphatic hydroxyl groups is 1. The number of carbonyl (C=O) groups is 1. The van der Waals surface area contributed by atoms with Crippen LogP contribution in [0.1, 0.15) is 30.4 Å². The van der Waals surface area contributed by atoms with Crippen LogP contribution in [0.25, 0.3) is 0 Å². The molecule has 0 saturated carbocycles. The van der Waals surface area contributed by atoms with E-state index in [2.05, 4.69) is 41.4 Å². The molecule has 1 fully saturated rings. The van der Waals surface area contributed by atoms with E-state index in [1.54, 1.807) is 11.8 Å². The molecule has 0 unspecified atom stereocenters. The number of piperidine rings is 1. The number of rotatable bonds is 8. The van der Waals surface area contributed by atoms with Gasteiger partial charge in [-0.05, 0) is 38.3 Å². The number of carbonyl (C=O) groups excluding carboxylic acids is 1. The fourth-order valence-electron chi connectivity index (χ4n) is 2.79. The highest BCUT2D eigenvalue weighted by molar-refractivity contribution is 7.99. The van der Waals surface area contributed by atoms with Gasteiger partial charge in [-0.25, -0.2) is 0 Å². The molecule has 4 nitrogen and oxygen atoms in total. The maximum Gasteiger partial charge on any atom is 0.230 e. The molecule has 2 N–H and O–H groups in total. The highest BCUT2D eigenvalue weighted by atomic mass is 32.2. The molecule has 0 spiro atoms. The van der Waals surface area contributed by atoms with Crippen LogP contribution in [-0.4, -0.2) is 53.9 Å². The van der Waals surface area contributed by atoms with Gasteiger partial charge in [0, 0.05) is 25.4 Å². The van der Waals surface area contributed by atoms with Crippen molar-refractivity contribution in [1.29, 1.82) is 0 Å². The highest BCUT2D eigenvalue weighted by Gasteiger charge is 2.16. The second kappa shape index (κ2) is 9.96. The summed E-state index contributed by atoms with van der Waals surface area (Å²) < 4.78 is 0. The van der Waals surface area contributed by atoms with Gasteiger partial charge in [-0.2, -0.15) is 0 Å². The van der Waals surface area contributed by atoms with E-state index in [1.807, 2.05) is 0 Å². The number of nitrogens with one attached hydrogen (secondary N) is 1. The maximum atomic E-state index is 11.8. The fraction of sp³-hybridized carbons (Fsp3) is 0.611. The van der Waals surface area contributed by atoms with Crippen LogP contribution < -0.4 is 5.32 Å². The maximum absolute atomic E-state index is 11.8. The van der Waals surface area contributed by atoms with Crippen LogP contribution >= 0.6 is 11.8 Å². The number of hydrogen-bond donors (Lipinski definition) is 2. The van der Waals surface area contributed by atoms with Gasteiger partial charge in [-0.3, -0.25) is 4.79 Å². The molecule has 1 amide bonds. The fourth-order valence-corrected chi connectivity index (χ4v) is 3.59. The third kappa shape index (κ3) is 7.38. The Kier molecular flexibility index (Phi) is 7.92. The summed E-state index contributed by atoms with van der Waals surface area (Å²) in [6, 6.07) is 8.42. The Balaban J connectivity index is 1.50. The Morgan fingerprint density at radius 2 is 2.17 bits per heavy atom. The zero-order valence-electron chi connectivity index (χ0n) is 14.0. The molecule has 0 aromatic heterocycles. The van der Waals surface area contributed by atoms with E-state index >= 15 is 0 Å². The first-order valence-corrected chi connectivity index (χ1v) is 9.59. The molecule has 1 aliphatic rings. The minimum atomic E-state index is -0.114. The predicted octanol–water partition coefficient (Wildman–Crippen LogP) is 2.19. The Bertz CT molecular complexity index is 488. The lowest BCUT2D eigenvalue weighted by atomic mass is 10.1. The molecular formula is C18H28N2O2S. The summed E-state index contributed by atoms with van der Waals surface area (Å²) in [5.74, 6) is 1.52. The Labute approximate surface area is 143 Å². The Morgan fingerprint density at radius 3 is 2.91 bits per heavy atom. The molecule has 0 aliphatic carbocycles. The zero-order chi connectivity index (χ0) is 16.5. The standard InChI is InChI=1S/C18H28N2O2S/c1-15-4-2-5-16(12-15)13-23-14-18(22)19-8-3-9-20-10-6-17(21)7-11-20/h2,4-5,12,17,21H,3,6-11,13-14H2,1H3,(H,19,22). The second-order valence-corrected chi connectivity index (χ2v) is 7.24. The largest absolute Gasteiger partial charge is 0.393 e. The number of thioether (sulfide) groups is 1. The molecular weight excluding hydrogens is 308 g/mol. The normalized spacial score (nSPS) is 16.4. The number of amides is 1. The first kappa shape index (κ1) is 18.3. The third-order valence-electron chi connectivity index (χ3n) is 4.11. The Hall–Kier alpha value is -1.04. The minimum absolute atomic E-state index is 0.114. The number of aliphatic hydroxyl groups excluding tert-OH is 1. The van der Waals surface area contributed by atoms with Crippen molar-refractivity contribution < 1.29 is 9.90 Å². The average molecular weight is 337 g/mol. The molecule has 1 saturated heterocycles. The number of hydrogen-bond acceptors (Lipinski definition) is 4. The van der Waals surface area contributed by atoms with Crippen molar-refractivity contribution in [3.63, 3.8) is 0 Å². The molecule has 128 valence electrons. The molecule has 1 aliphatic heterocycles. The van der Waals surface area contributed by atoms with Crippen molar-refractivity contribution in [2.24, 2.45) is 0 Å². The molecule has 1 aromatic rings. The van der Waals surface area contributed by atoms with Gasteiger partial charge in [0.15, 0.2) is 0 Å². The van der Waals surface area contributed by atoms with Crippen LogP contribution in [0.2, 0.25) is 0 Å². The van der Waals surface area contributed by atoms with E-state index in [4.69, 9.17) is 0 Å². The molecule has 2 rings (SSSR count). The molecule has 1 heterocycles. The van der Waals surface area contributed by atoms with Gasteiger partial charge in [0.25, 0.3) is 0 Å². The lowest BCUT2D eigenvalue weighted by Crippen LogP contribution is -2.37. The van der Waals surface area contributed by atoms with Gasteiger partial charge in [0.2, 0.25) is 5.91 Å². The summed E-state index contributed by atoms with van der Waals surface area (Å²) in [5.41, 5.74) is 2.54. The summed E-state index contributed by atoms with van der Waals surface area (Å²) in [6.07, 6.45) is 2.62. The van der Waals surface area contributed by atoms with Crippen LogP contribution in [-0.2, 0) is 10.5 Å². The van der Waals surface area contributed by atoms with Crippen molar-refractivity contribution in [3.8, 4) is 0 Å². The lowest BCUT2D eigenvalue weighted by Gasteiger charge is -2.29. The van der Waals surface area contributed by atoms with Crippen LogP contribution in [0.5, 0.6) is 0 Å². The van der Waals surface area contributed by atoms with E-state index in [-0.39, 0.29) is 12.0 Å². The van der Waals surface area contributed by atoms with Crippen molar-refractivity contribution in [3.05, 3.63) is 35.4 Å². The summed E-state index contributed by atoms with van der Waals surface area (Å²) in [7, 11) is 0. The van der Waals surface area contributed by atoms with Crippen LogP contribution in [0.3, 0.4) is 0 Å². The van der Waals surface area contributed by atoms with Gasteiger partial charge in [0.05, 0.1) is 11.9 Å². The summed E-state index contributed by atoms with van der Waals surface area (Å²) in [5, 5.41) is 12.5. The van der Waals surface area contributed by atoms with E-state index in [0.717, 1.165) is 51.2 Å². The quantitative estimate of drug-likeness (QED) is 0.715. The molecule has 0 bridgehead atoms. The third-order valence-corrected chi connectivity index (χ3v) is 5.12. The first-order valence-electron chi connectivity index (χ1n) is 8.44. The summed E-state index contributed by atoms with van der Waals surface area (Å²) >= 11 is 1.66. The summed E-state index contributed by atoms with van der Waals surface area (Å²) in [6.45, 7) is 5.78. The molecule has 0 radical (unpaired) electrons. The number of aryl methyl sites for hydroxylation is 1. The van der Waals surface area contributed by atoms with Gasteiger partial charge in [0.1, 0.15) is 0 Å². The van der Waals surface area contributed by atoms with Crippen molar-refractivity contribution in [2.75, 3.05) is 31.9 Å². The molecule has 5 heteroatoms. The zero-order valence-corrected chi connectivity index (χ0v) is 14.8. The lowest BCUT2D eigenvalue weighted by molar-refractivity contribution is -0.118. The second-order valence-electron chi connectivity index (χ2n) is 6.26. The average Bonchev–Trinajstić information content (AvgIpc) is 2.53. The molecule has 0 atom stereocenters. The summed E-state index contributed by atoms with van der Waals surface area (Å²) in [4.78, 5) is 14.2. The van der Waals surface area contributed by atoms with E-state index in [9.17, 15) is 9.90 Å². The van der Waals surface area contributed by atoms with Crippen LogP contribution in [0, 0.1) is 6.92 Å². The van der Waals surface area contributed by atoms with Crippen molar-refractivity contribution >= 4 is 17.7 Å². The molecule has 23 heavy (non-hydrogen) atoms. The predicted molar refractivity (Wildman–Crippen MR) is 96.6 cm³/mol. The van der Waals surface area contributed by atoms with Gasteiger partial charge in [-0.1, -0.05) is 29.8 Å². The SMILES string of the molecule is Cc1cccc(CSCC(=O)NCCCN2CCC(O)CC2)c1. The Morgan fingerprint density at radius 1 is 1.39 bits per heavy atom. The van der Waals surface area contributed by atoms with E-state index in [1.165, 1.54) is 11.1 Å². The van der Waals surface area contributed by atoms with Crippen molar-refractivity contribution in [2.45, 2.75) is 38.0 Å². The van der Waals surface area contributed by atoms with E-state index in [0.29, 0.717) is 5.75 Å². The van der Waals surface area contributed by atoms with E-state index < -0.39 is 0 Å². The number of benzene rings is 1. The minimum Gasteiger partial charge on any atom is -0.393 e. The molecule has 1 aromatic carbocycles. The number of likely N-dealkylation sites (tertiary alicyclic amines) is 1. The highest BCUT2D eigenvalue weighted by Crippen LogP contribution is 2.13. The van der Waals surface area contributed by atoms with Crippen LogP contribution in [0.4, 0.5) is 0 Å². The van der Waals surface area contributed by atoms with Gasteiger partial charge >= 0.3 is 0 Å². The monoisotopic (exact) mass is 336 g/mol. The van der Waals surface area contributed by atoms with Gasteiger partial charge in [-0.15, -0.1) is 11.8 Å². The first-order chi connectivity index (χ1) is 11.1. The van der Waals surface area contributed by atoms with Crippen LogP contribution in [0.15, 0.2) is 24.3 Å². The van der Waals surface area contributed by atoms with Crippen molar-refractivity contribution in [1.82, 2.24) is 10.2 Å².